The van der Waals surface area contributed by atoms with Crippen molar-refractivity contribution in [1.82, 2.24) is 15.0 Å². The molecule has 1 heterocycles. The Morgan fingerprint density at radius 3 is 2.80 bits per heavy atom. The van der Waals surface area contributed by atoms with E-state index >= 15 is 0 Å². The lowest BCUT2D eigenvalue weighted by Crippen LogP contribution is -2.22. The Hall–Kier alpha value is -1.39. The molecule has 5 nitrogen and oxygen atoms in total. The van der Waals surface area contributed by atoms with Crippen LogP contribution in [0.4, 0.5) is 0 Å². The van der Waals surface area contributed by atoms with Gasteiger partial charge in [-0.1, -0.05) is 5.16 Å². The van der Waals surface area contributed by atoms with Crippen LogP contribution in [0.25, 0.3) is 0 Å². The molecule has 54 valence electrons. The van der Waals surface area contributed by atoms with Crippen molar-refractivity contribution in [2.45, 2.75) is 0 Å². The molecule has 0 aromatic carbocycles. The lowest BCUT2D eigenvalue weighted by atomic mass is 10.5. The molecule has 0 bridgehead atoms. The molecule has 0 saturated carbocycles. The first-order valence-electron chi connectivity index (χ1n) is 2.70. The number of aromatic nitrogens is 2. The predicted octanol–water partition coefficient (Wildman–Crippen LogP) is -0.229. The van der Waals surface area contributed by atoms with Gasteiger partial charge in [0.2, 0.25) is 6.39 Å². The van der Waals surface area contributed by atoms with E-state index in [9.17, 15) is 4.79 Å². The highest BCUT2D eigenvalue weighted by atomic mass is 16.5. The van der Waals surface area contributed by atoms with E-state index in [2.05, 4.69) is 14.7 Å². The number of nitrogens with zero attached hydrogens (tertiary/aromatic N) is 3. The molecule has 1 rings (SSSR count). The highest BCUT2D eigenvalue weighted by molar-refractivity contribution is 5.89. The standard InChI is InChI=1S/C5H7N3O2/c1-8(2)5(9)4-6-3-10-7-4/h3H,1-2H3. The average molecular weight is 141 g/mol. The number of hydrogen-bond acceptors (Lipinski definition) is 4. The summed E-state index contributed by atoms with van der Waals surface area (Å²) in [5.74, 6) is -0.168. The van der Waals surface area contributed by atoms with Gasteiger partial charge in [0.15, 0.2) is 0 Å². The molecule has 0 aliphatic heterocycles. The van der Waals surface area contributed by atoms with E-state index in [0.29, 0.717) is 0 Å². The monoisotopic (exact) mass is 141 g/mol. The maximum absolute atomic E-state index is 10.9. The van der Waals surface area contributed by atoms with Gasteiger partial charge >= 0.3 is 0 Å². The van der Waals surface area contributed by atoms with E-state index in [4.69, 9.17) is 0 Å². The highest BCUT2D eigenvalue weighted by Gasteiger charge is 2.11. The van der Waals surface area contributed by atoms with Crippen LogP contribution in [-0.4, -0.2) is 35.0 Å². The molecule has 5 heteroatoms. The summed E-state index contributed by atoms with van der Waals surface area (Å²) in [5, 5.41) is 3.36. The largest absolute Gasteiger partial charge is 0.342 e. The van der Waals surface area contributed by atoms with Gasteiger partial charge in [-0.3, -0.25) is 4.79 Å². The normalized spacial score (nSPS) is 9.40. The Labute approximate surface area is 57.6 Å². The molecule has 10 heavy (non-hydrogen) atoms. The summed E-state index contributed by atoms with van der Waals surface area (Å²) in [4.78, 5) is 15.9. The van der Waals surface area contributed by atoms with E-state index in [1.807, 2.05) is 0 Å². The molecule has 0 saturated heterocycles. The zero-order valence-electron chi connectivity index (χ0n) is 5.74. The molecule has 0 spiro atoms. The van der Waals surface area contributed by atoms with Crippen LogP contribution in [0.1, 0.15) is 10.6 Å². The van der Waals surface area contributed by atoms with Crippen molar-refractivity contribution in [3.63, 3.8) is 0 Å². The van der Waals surface area contributed by atoms with Crippen LogP contribution in [0.2, 0.25) is 0 Å². The third-order valence-corrected chi connectivity index (χ3v) is 0.959. The van der Waals surface area contributed by atoms with E-state index in [1.165, 1.54) is 4.90 Å². The number of carbonyl (C=O) groups excluding carboxylic acids is 1. The number of rotatable bonds is 1. The van der Waals surface area contributed by atoms with Crippen molar-refractivity contribution in [2.24, 2.45) is 0 Å². The SMILES string of the molecule is CN(C)C(=O)c1ncon1. The first-order valence-corrected chi connectivity index (χ1v) is 2.70. The second-order valence-electron chi connectivity index (χ2n) is 1.95. The molecule has 1 aromatic rings. The maximum Gasteiger partial charge on any atom is 0.294 e. The number of carbonyl (C=O) groups is 1. The zero-order chi connectivity index (χ0) is 7.56. The minimum Gasteiger partial charge on any atom is -0.342 e. The number of amides is 1. The van der Waals surface area contributed by atoms with Crippen molar-refractivity contribution in [3.8, 4) is 0 Å². The molecule has 0 aliphatic rings. The van der Waals surface area contributed by atoms with Crippen LogP contribution in [-0.2, 0) is 0 Å². The fourth-order valence-electron chi connectivity index (χ4n) is 0.465. The summed E-state index contributed by atoms with van der Waals surface area (Å²) in [5.41, 5.74) is 0. The summed E-state index contributed by atoms with van der Waals surface area (Å²) < 4.78 is 4.38. The second kappa shape index (κ2) is 2.47. The van der Waals surface area contributed by atoms with Gasteiger partial charge in [0, 0.05) is 14.1 Å². The second-order valence-corrected chi connectivity index (χ2v) is 1.95. The van der Waals surface area contributed by atoms with Gasteiger partial charge in [-0.05, 0) is 0 Å². The summed E-state index contributed by atoms with van der Waals surface area (Å²) in [6.07, 6.45) is 1.12. The molecular weight excluding hydrogens is 134 g/mol. The molecule has 1 aromatic heterocycles. The van der Waals surface area contributed by atoms with Crippen LogP contribution < -0.4 is 0 Å². The Balaban J connectivity index is 2.78. The first-order chi connectivity index (χ1) is 4.72. The number of hydrogen-bond donors (Lipinski definition) is 0. The molecule has 0 atom stereocenters. The van der Waals surface area contributed by atoms with Gasteiger partial charge in [-0.2, -0.15) is 4.98 Å². The minimum atomic E-state index is -0.256. The van der Waals surface area contributed by atoms with Gasteiger partial charge in [-0.15, -0.1) is 0 Å². The van der Waals surface area contributed by atoms with Crippen LogP contribution in [0.5, 0.6) is 0 Å². The van der Waals surface area contributed by atoms with Gasteiger partial charge in [0.1, 0.15) is 0 Å². The fourth-order valence-corrected chi connectivity index (χ4v) is 0.465. The van der Waals surface area contributed by atoms with Crippen molar-refractivity contribution >= 4 is 5.91 Å². The van der Waals surface area contributed by atoms with Crippen molar-refractivity contribution in [1.29, 1.82) is 0 Å². The molecule has 0 radical (unpaired) electrons. The van der Waals surface area contributed by atoms with E-state index in [0.717, 1.165) is 6.39 Å². The smallest absolute Gasteiger partial charge is 0.294 e. The van der Waals surface area contributed by atoms with Crippen LogP contribution in [0.15, 0.2) is 10.9 Å². The quantitative estimate of drug-likeness (QED) is 0.542. The molecular formula is C5H7N3O2. The maximum atomic E-state index is 10.9. The lowest BCUT2D eigenvalue weighted by Gasteiger charge is -2.04. The van der Waals surface area contributed by atoms with E-state index in [-0.39, 0.29) is 11.7 Å². The van der Waals surface area contributed by atoms with Crippen LogP contribution in [0.3, 0.4) is 0 Å². The Morgan fingerprint density at radius 2 is 2.40 bits per heavy atom. The third-order valence-electron chi connectivity index (χ3n) is 0.959. The molecule has 0 unspecified atom stereocenters. The summed E-state index contributed by atoms with van der Waals surface area (Å²) in [6, 6.07) is 0. The molecule has 0 N–H and O–H groups in total. The third kappa shape index (κ3) is 1.12. The van der Waals surface area contributed by atoms with Crippen LogP contribution in [0, 0.1) is 0 Å². The van der Waals surface area contributed by atoms with Crippen molar-refractivity contribution < 1.29 is 9.32 Å². The van der Waals surface area contributed by atoms with Crippen LogP contribution >= 0.6 is 0 Å². The van der Waals surface area contributed by atoms with Gasteiger partial charge in [-0.25, -0.2) is 0 Å². The Bertz CT molecular complexity index is 217. The van der Waals surface area contributed by atoms with Gasteiger partial charge in [0.25, 0.3) is 11.7 Å². The molecule has 0 aliphatic carbocycles. The highest BCUT2D eigenvalue weighted by Crippen LogP contribution is 1.91. The van der Waals surface area contributed by atoms with Crippen molar-refractivity contribution in [2.75, 3.05) is 14.1 Å². The molecule has 0 fully saturated rings. The lowest BCUT2D eigenvalue weighted by molar-refractivity contribution is 0.0812. The Morgan fingerprint density at radius 1 is 1.70 bits per heavy atom. The predicted molar refractivity (Wildman–Crippen MR) is 32.3 cm³/mol. The summed E-state index contributed by atoms with van der Waals surface area (Å²) >= 11 is 0. The topological polar surface area (TPSA) is 59.2 Å². The average Bonchev–Trinajstić information content (AvgIpc) is 2.36. The molecule has 1 amide bonds. The summed E-state index contributed by atoms with van der Waals surface area (Å²) in [7, 11) is 3.25. The summed E-state index contributed by atoms with van der Waals surface area (Å²) in [6.45, 7) is 0. The fraction of sp³-hybridized carbons (Fsp3) is 0.400. The minimum absolute atomic E-state index is 0.0880. The van der Waals surface area contributed by atoms with Gasteiger partial charge in [0.05, 0.1) is 0 Å². The van der Waals surface area contributed by atoms with Crippen molar-refractivity contribution in [3.05, 3.63) is 12.2 Å². The Kier molecular flexibility index (Phi) is 1.66. The van der Waals surface area contributed by atoms with E-state index in [1.54, 1.807) is 14.1 Å². The van der Waals surface area contributed by atoms with E-state index < -0.39 is 0 Å². The zero-order valence-corrected chi connectivity index (χ0v) is 5.74. The first kappa shape index (κ1) is 6.73. The van der Waals surface area contributed by atoms with Gasteiger partial charge < -0.3 is 9.42 Å².